The molecule has 0 bridgehead atoms. The summed E-state index contributed by atoms with van der Waals surface area (Å²) < 4.78 is 17.0. The molecule has 0 radical (unpaired) electrons. The van der Waals surface area contributed by atoms with E-state index in [0.29, 0.717) is 22.8 Å². The molecule has 1 atom stereocenters. The van der Waals surface area contributed by atoms with Crippen LogP contribution in [0.5, 0.6) is 11.5 Å². The molecule has 1 heterocycles. The van der Waals surface area contributed by atoms with Gasteiger partial charge in [-0.1, -0.05) is 50.2 Å². The lowest BCUT2D eigenvalue weighted by Gasteiger charge is -2.27. The monoisotopic (exact) mass is 420 g/mol. The van der Waals surface area contributed by atoms with Gasteiger partial charge in [0.05, 0.1) is 25.5 Å². The third kappa shape index (κ3) is 3.83. The van der Waals surface area contributed by atoms with Crippen LogP contribution in [0.4, 0.5) is 0 Å². The van der Waals surface area contributed by atoms with Gasteiger partial charge >= 0.3 is 0 Å². The van der Waals surface area contributed by atoms with E-state index in [-0.39, 0.29) is 5.41 Å². The normalized spacial score (nSPS) is 19.5. The van der Waals surface area contributed by atoms with Crippen molar-refractivity contribution < 1.29 is 13.9 Å². The van der Waals surface area contributed by atoms with Crippen LogP contribution in [0, 0.1) is 12.3 Å². The van der Waals surface area contributed by atoms with Crippen LogP contribution in [-0.4, -0.2) is 37.7 Å². The van der Waals surface area contributed by atoms with Crippen LogP contribution in [0.25, 0.3) is 11.5 Å². The Kier molecular flexibility index (Phi) is 5.56. The van der Waals surface area contributed by atoms with E-state index in [1.54, 1.807) is 14.2 Å². The zero-order chi connectivity index (χ0) is 22.2. The maximum Gasteiger partial charge on any atom is 0.230 e. The molecular weight excluding hydrogens is 388 g/mol. The van der Waals surface area contributed by atoms with Crippen LogP contribution in [0.2, 0.25) is 0 Å². The number of methoxy groups -OCH3 is 2. The first-order chi connectivity index (χ1) is 14.8. The molecule has 0 unspecified atom stereocenters. The standard InChI is InChI=1S/C26H32N2O3/c1-18-21(27-24(31-18)20-13-10-14-22(29-5)23(20)30-6)15-28(4)17-26(16-25(26,2)3)19-11-8-7-9-12-19/h7-14H,15-17H2,1-6H3/t26-/m0/s1. The van der Waals surface area contributed by atoms with E-state index in [0.717, 1.165) is 30.1 Å². The van der Waals surface area contributed by atoms with Gasteiger partial charge in [-0.05, 0) is 43.5 Å². The summed E-state index contributed by atoms with van der Waals surface area (Å²) >= 11 is 0. The van der Waals surface area contributed by atoms with E-state index in [4.69, 9.17) is 18.9 Å². The maximum absolute atomic E-state index is 6.04. The molecule has 5 heteroatoms. The number of aryl methyl sites for hydroxylation is 1. The average Bonchev–Trinajstić information content (AvgIpc) is 3.13. The first-order valence-electron chi connectivity index (χ1n) is 10.7. The Hall–Kier alpha value is -2.79. The van der Waals surface area contributed by atoms with E-state index in [9.17, 15) is 0 Å². The molecule has 164 valence electrons. The zero-order valence-corrected chi connectivity index (χ0v) is 19.4. The van der Waals surface area contributed by atoms with E-state index < -0.39 is 0 Å². The summed E-state index contributed by atoms with van der Waals surface area (Å²) in [6, 6.07) is 16.6. The molecule has 31 heavy (non-hydrogen) atoms. The second-order valence-electron chi connectivity index (χ2n) is 9.24. The summed E-state index contributed by atoms with van der Waals surface area (Å²) in [6.07, 6.45) is 1.19. The number of benzene rings is 2. The van der Waals surface area contributed by atoms with Gasteiger partial charge in [0.15, 0.2) is 11.5 Å². The quantitative estimate of drug-likeness (QED) is 0.484. The summed E-state index contributed by atoms with van der Waals surface area (Å²) in [5.41, 5.74) is 3.64. The Morgan fingerprint density at radius 3 is 2.35 bits per heavy atom. The van der Waals surface area contributed by atoms with Crippen molar-refractivity contribution in [2.45, 2.75) is 39.2 Å². The van der Waals surface area contributed by atoms with E-state index >= 15 is 0 Å². The highest BCUT2D eigenvalue weighted by molar-refractivity contribution is 5.68. The van der Waals surface area contributed by atoms with Crippen LogP contribution in [-0.2, 0) is 12.0 Å². The van der Waals surface area contributed by atoms with Crippen molar-refractivity contribution in [2.24, 2.45) is 5.41 Å². The largest absolute Gasteiger partial charge is 0.493 e. The lowest BCUT2D eigenvalue weighted by Crippen LogP contribution is -2.32. The van der Waals surface area contributed by atoms with Crippen molar-refractivity contribution in [1.82, 2.24) is 9.88 Å². The molecule has 1 aliphatic rings. The molecule has 5 nitrogen and oxygen atoms in total. The van der Waals surface area contributed by atoms with Gasteiger partial charge in [0.25, 0.3) is 0 Å². The smallest absolute Gasteiger partial charge is 0.230 e. The average molecular weight is 421 g/mol. The number of ether oxygens (including phenoxy) is 2. The lowest BCUT2D eigenvalue weighted by molar-refractivity contribution is 0.268. The van der Waals surface area contributed by atoms with Crippen molar-refractivity contribution in [1.29, 1.82) is 0 Å². The van der Waals surface area contributed by atoms with E-state index in [2.05, 4.69) is 56.1 Å². The molecule has 2 aromatic carbocycles. The van der Waals surface area contributed by atoms with Crippen molar-refractivity contribution in [2.75, 3.05) is 27.8 Å². The number of aromatic nitrogens is 1. The highest BCUT2D eigenvalue weighted by Crippen LogP contribution is 2.64. The number of likely N-dealkylation sites (N-methyl/N-ethyl adjacent to an activating group) is 1. The Morgan fingerprint density at radius 2 is 1.74 bits per heavy atom. The van der Waals surface area contributed by atoms with E-state index in [1.807, 2.05) is 25.1 Å². The highest BCUT2D eigenvalue weighted by atomic mass is 16.5. The van der Waals surface area contributed by atoms with Gasteiger partial charge in [-0.25, -0.2) is 4.98 Å². The van der Waals surface area contributed by atoms with Gasteiger partial charge < -0.3 is 13.9 Å². The third-order valence-corrected chi connectivity index (χ3v) is 6.73. The predicted molar refractivity (Wildman–Crippen MR) is 123 cm³/mol. The molecule has 0 amide bonds. The van der Waals surface area contributed by atoms with Crippen molar-refractivity contribution in [3.63, 3.8) is 0 Å². The number of para-hydroxylation sites is 1. The lowest BCUT2D eigenvalue weighted by atomic mass is 9.87. The third-order valence-electron chi connectivity index (χ3n) is 6.73. The van der Waals surface area contributed by atoms with Crippen molar-refractivity contribution in [3.05, 3.63) is 65.5 Å². The minimum atomic E-state index is 0.180. The fourth-order valence-electron chi connectivity index (χ4n) is 4.84. The van der Waals surface area contributed by atoms with Gasteiger partial charge in [0.1, 0.15) is 5.76 Å². The molecule has 0 spiro atoms. The molecule has 0 saturated heterocycles. The summed E-state index contributed by atoms with van der Waals surface area (Å²) in [7, 11) is 5.43. The number of nitrogens with zero attached hydrogens (tertiary/aromatic N) is 2. The van der Waals surface area contributed by atoms with Gasteiger partial charge in [-0.15, -0.1) is 0 Å². The second-order valence-corrected chi connectivity index (χ2v) is 9.24. The fourth-order valence-corrected chi connectivity index (χ4v) is 4.84. The van der Waals surface area contributed by atoms with Gasteiger partial charge in [-0.2, -0.15) is 0 Å². The van der Waals surface area contributed by atoms with Crippen molar-refractivity contribution >= 4 is 0 Å². The summed E-state index contributed by atoms with van der Waals surface area (Å²) in [5.74, 6) is 2.68. The molecular formula is C26H32N2O3. The van der Waals surface area contributed by atoms with Crippen LogP contribution in [0.3, 0.4) is 0 Å². The number of rotatable bonds is 8. The Labute approximate surface area is 185 Å². The van der Waals surface area contributed by atoms with Crippen LogP contribution < -0.4 is 9.47 Å². The first-order valence-corrected chi connectivity index (χ1v) is 10.7. The maximum atomic E-state index is 6.04. The first kappa shape index (κ1) is 21.4. The number of hydrogen-bond donors (Lipinski definition) is 0. The van der Waals surface area contributed by atoms with Crippen LogP contribution >= 0.6 is 0 Å². The SMILES string of the molecule is COc1cccc(-c2nc(CN(C)C[C@]3(c4ccccc4)CC3(C)C)c(C)o2)c1OC. The Morgan fingerprint density at radius 1 is 1.03 bits per heavy atom. The van der Waals surface area contributed by atoms with Crippen LogP contribution in [0.15, 0.2) is 52.9 Å². The van der Waals surface area contributed by atoms with Gasteiger partial charge in [0, 0.05) is 18.5 Å². The Bertz CT molecular complexity index is 1060. The number of hydrogen-bond acceptors (Lipinski definition) is 5. The van der Waals surface area contributed by atoms with Crippen LogP contribution in [0.1, 0.15) is 37.3 Å². The zero-order valence-electron chi connectivity index (χ0n) is 19.4. The molecule has 3 aromatic rings. The molecule has 0 aliphatic heterocycles. The van der Waals surface area contributed by atoms with E-state index in [1.165, 1.54) is 12.0 Å². The molecule has 4 rings (SSSR count). The second kappa shape index (κ2) is 8.04. The van der Waals surface area contributed by atoms with Gasteiger partial charge in [-0.3, -0.25) is 4.90 Å². The topological polar surface area (TPSA) is 47.7 Å². The molecule has 0 N–H and O–H groups in total. The van der Waals surface area contributed by atoms with Gasteiger partial charge in [0.2, 0.25) is 5.89 Å². The summed E-state index contributed by atoms with van der Waals surface area (Å²) in [4.78, 5) is 7.18. The molecule has 1 aromatic heterocycles. The highest BCUT2D eigenvalue weighted by Gasteiger charge is 2.61. The minimum absolute atomic E-state index is 0.180. The van der Waals surface area contributed by atoms with Crippen molar-refractivity contribution in [3.8, 4) is 23.0 Å². The fraction of sp³-hybridized carbons (Fsp3) is 0.423. The summed E-state index contributed by atoms with van der Waals surface area (Å²) in [6.45, 7) is 8.41. The molecule has 1 saturated carbocycles. The Balaban J connectivity index is 1.56. The molecule has 1 fully saturated rings. The molecule has 1 aliphatic carbocycles. The number of oxazole rings is 1. The predicted octanol–water partition coefficient (Wildman–Crippen LogP) is 5.47. The summed E-state index contributed by atoms with van der Waals surface area (Å²) in [5, 5.41) is 0. The minimum Gasteiger partial charge on any atom is -0.493 e.